The standard InChI is InChI=1S/C11H15NO2/c1-9(13)14-8-10-6-4-5-7-11(10)12(2)3/h4-7H,8H2,1-3H3. The van der Waals surface area contributed by atoms with Gasteiger partial charge in [0, 0.05) is 32.3 Å². The first-order valence-electron chi connectivity index (χ1n) is 4.50. The fraction of sp³-hybridized carbons (Fsp3) is 0.364. The molecule has 0 N–H and O–H groups in total. The number of carbonyl (C=O) groups is 1. The van der Waals surface area contributed by atoms with Gasteiger partial charge < -0.3 is 9.64 Å². The number of hydrogen-bond donors (Lipinski definition) is 0. The maximum absolute atomic E-state index is 10.7. The molecular weight excluding hydrogens is 178 g/mol. The van der Waals surface area contributed by atoms with Gasteiger partial charge in [-0.15, -0.1) is 0 Å². The highest BCUT2D eigenvalue weighted by molar-refractivity contribution is 5.66. The normalized spacial score (nSPS) is 9.64. The third kappa shape index (κ3) is 2.76. The zero-order valence-electron chi connectivity index (χ0n) is 8.78. The molecule has 0 saturated carbocycles. The van der Waals surface area contributed by atoms with Crippen LogP contribution >= 0.6 is 0 Å². The van der Waals surface area contributed by atoms with Crippen molar-refractivity contribution in [1.82, 2.24) is 0 Å². The van der Waals surface area contributed by atoms with Crippen LogP contribution in [-0.2, 0) is 16.1 Å². The molecule has 0 aliphatic carbocycles. The van der Waals surface area contributed by atoms with Gasteiger partial charge in [0.15, 0.2) is 0 Å². The van der Waals surface area contributed by atoms with E-state index in [9.17, 15) is 4.79 Å². The van der Waals surface area contributed by atoms with Gasteiger partial charge in [0.2, 0.25) is 0 Å². The van der Waals surface area contributed by atoms with E-state index in [0.29, 0.717) is 6.61 Å². The molecule has 1 rings (SSSR count). The molecule has 3 heteroatoms. The summed E-state index contributed by atoms with van der Waals surface area (Å²) in [5.74, 6) is -0.251. The molecule has 14 heavy (non-hydrogen) atoms. The van der Waals surface area contributed by atoms with Crippen molar-refractivity contribution in [2.45, 2.75) is 13.5 Å². The summed E-state index contributed by atoms with van der Waals surface area (Å²) in [6.45, 7) is 1.75. The Kier molecular flexibility index (Phi) is 3.51. The van der Waals surface area contributed by atoms with Crippen LogP contribution in [0.25, 0.3) is 0 Å². The van der Waals surface area contributed by atoms with Crippen molar-refractivity contribution in [3.8, 4) is 0 Å². The van der Waals surface area contributed by atoms with Crippen molar-refractivity contribution < 1.29 is 9.53 Å². The summed E-state index contributed by atoms with van der Waals surface area (Å²) in [5, 5.41) is 0. The first kappa shape index (κ1) is 10.6. The van der Waals surface area contributed by atoms with Crippen LogP contribution in [0.4, 0.5) is 5.69 Å². The average Bonchev–Trinajstić information content (AvgIpc) is 2.15. The zero-order chi connectivity index (χ0) is 10.6. The molecule has 3 nitrogen and oxygen atoms in total. The zero-order valence-corrected chi connectivity index (χ0v) is 8.78. The number of esters is 1. The van der Waals surface area contributed by atoms with Gasteiger partial charge in [-0.2, -0.15) is 0 Å². The third-order valence-electron chi connectivity index (χ3n) is 1.90. The van der Waals surface area contributed by atoms with Gasteiger partial charge in [0.05, 0.1) is 0 Å². The molecule has 0 atom stereocenters. The number of anilines is 1. The first-order valence-corrected chi connectivity index (χ1v) is 4.50. The van der Waals surface area contributed by atoms with Crippen LogP contribution in [0.1, 0.15) is 12.5 Å². The number of ether oxygens (including phenoxy) is 1. The number of rotatable bonds is 3. The van der Waals surface area contributed by atoms with Gasteiger partial charge >= 0.3 is 5.97 Å². The Morgan fingerprint density at radius 1 is 1.36 bits per heavy atom. The highest BCUT2D eigenvalue weighted by Gasteiger charge is 2.04. The van der Waals surface area contributed by atoms with Crippen molar-refractivity contribution in [2.75, 3.05) is 19.0 Å². The van der Waals surface area contributed by atoms with Gasteiger partial charge in [-0.25, -0.2) is 0 Å². The first-order chi connectivity index (χ1) is 6.61. The van der Waals surface area contributed by atoms with Gasteiger partial charge in [0.25, 0.3) is 0 Å². The molecule has 0 aliphatic heterocycles. The lowest BCUT2D eigenvalue weighted by atomic mass is 10.2. The van der Waals surface area contributed by atoms with E-state index in [1.807, 2.05) is 43.3 Å². The molecule has 0 fully saturated rings. The van der Waals surface area contributed by atoms with Crippen LogP contribution in [0.3, 0.4) is 0 Å². The third-order valence-corrected chi connectivity index (χ3v) is 1.90. The van der Waals surface area contributed by atoms with Crippen molar-refractivity contribution in [3.05, 3.63) is 29.8 Å². The smallest absolute Gasteiger partial charge is 0.302 e. The number of benzene rings is 1. The van der Waals surface area contributed by atoms with Crippen LogP contribution in [0.15, 0.2) is 24.3 Å². The fourth-order valence-electron chi connectivity index (χ4n) is 1.25. The predicted molar refractivity (Wildman–Crippen MR) is 56.2 cm³/mol. The number of nitrogens with zero attached hydrogens (tertiary/aromatic N) is 1. The summed E-state index contributed by atoms with van der Waals surface area (Å²) < 4.78 is 4.95. The fourth-order valence-corrected chi connectivity index (χ4v) is 1.25. The Bertz CT molecular complexity index is 321. The van der Waals surface area contributed by atoms with Crippen LogP contribution < -0.4 is 4.90 Å². The lowest BCUT2D eigenvalue weighted by molar-refractivity contribution is -0.142. The molecule has 76 valence electrons. The minimum absolute atomic E-state index is 0.251. The summed E-state index contributed by atoms with van der Waals surface area (Å²) in [6, 6.07) is 7.86. The van der Waals surface area contributed by atoms with E-state index < -0.39 is 0 Å². The van der Waals surface area contributed by atoms with E-state index >= 15 is 0 Å². The second kappa shape index (κ2) is 4.65. The minimum atomic E-state index is -0.251. The summed E-state index contributed by atoms with van der Waals surface area (Å²) in [5.41, 5.74) is 2.10. The summed E-state index contributed by atoms with van der Waals surface area (Å²) in [7, 11) is 3.93. The lowest BCUT2D eigenvalue weighted by Gasteiger charge is -2.16. The van der Waals surface area contributed by atoms with Crippen LogP contribution in [0.2, 0.25) is 0 Å². The minimum Gasteiger partial charge on any atom is -0.461 e. The number of hydrogen-bond acceptors (Lipinski definition) is 3. The molecule has 1 aromatic carbocycles. The molecule has 0 aromatic heterocycles. The Morgan fingerprint density at radius 3 is 2.57 bits per heavy atom. The molecule has 0 heterocycles. The highest BCUT2D eigenvalue weighted by Crippen LogP contribution is 2.18. The number of carbonyl (C=O) groups excluding carboxylic acids is 1. The molecule has 0 radical (unpaired) electrons. The monoisotopic (exact) mass is 193 g/mol. The highest BCUT2D eigenvalue weighted by atomic mass is 16.5. The van der Waals surface area contributed by atoms with E-state index in [-0.39, 0.29) is 5.97 Å². The lowest BCUT2D eigenvalue weighted by Crippen LogP contribution is -2.12. The molecule has 0 bridgehead atoms. The van der Waals surface area contributed by atoms with Crippen LogP contribution in [0.5, 0.6) is 0 Å². The SMILES string of the molecule is CC(=O)OCc1ccccc1N(C)C. The quantitative estimate of drug-likeness (QED) is 0.686. The van der Waals surface area contributed by atoms with Crippen LogP contribution in [-0.4, -0.2) is 20.1 Å². The van der Waals surface area contributed by atoms with Gasteiger partial charge in [0.1, 0.15) is 6.61 Å². The van der Waals surface area contributed by atoms with E-state index in [4.69, 9.17) is 4.74 Å². The van der Waals surface area contributed by atoms with E-state index in [1.165, 1.54) is 6.92 Å². The van der Waals surface area contributed by atoms with Crippen molar-refractivity contribution in [2.24, 2.45) is 0 Å². The topological polar surface area (TPSA) is 29.5 Å². The maximum atomic E-state index is 10.7. The maximum Gasteiger partial charge on any atom is 0.302 e. The Morgan fingerprint density at radius 2 is 2.00 bits per heavy atom. The molecule has 0 unspecified atom stereocenters. The van der Waals surface area contributed by atoms with Crippen molar-refractivity contribution in [3.63, 3.8) is 0 Å². The largest absolute Gasteiger partial charge is 0.461 e. The summed E-state index contributed by atoms with van der Waals surface area (Å²) in [4.78, 5) is 12.7. The predicted octanol–water partition coefficient (Wildman–Crippen LogP) is 1.82. The average molecular weight is 193 g/mol. The molecule has 0 aliphatic rings. The molecule has 0 saturated heterocycles. The Hall–Kier alpha value is -1.51. The second-order valence-electron chi connectivity index (χ2n) is 3.30. The molecular formula is C11H15NO2. The molecule has 0 spiro atoms. The van der Waals surface area contributed by atoms with Gasteiger partial charge in [-0.05, 0) is 6.07 Å². The Balaban J connectivity index is 2.79. The molecule has 0 amide bonds. The van der Waals surface area contributed by atoms with Crippen molar-refractivity contribution in [1.29, 1.82) is 0 Å². The van der Waals surface area contributed by atoms with Crippen molar-refractivity contribution >= 4 is 11.7 Å². The second-order valence-corrected chi connectivity index (χ2v) is 3.30. The summed E-state index contributed by atoms with van der Waals surface area (Å²) >= 11 is 0. The van der Waals surface area contributed by atoms with E-state index in [2.05, 4.69) is 0 Å². The van der Waals surface area contributed by atoms with Crippen LogP contribution in [0, 0.1) is 0 Å². The van der Waals surface area contributed by atoms with E-state index in [0.717, 1.165) is 11.3 Å². The van der Waals surface area contributed by atoms with Gasteiger partial charge in [-0.3, -0.25) is 4.79 Å². The Labute approximate surface area is 84.3 Å². The van der Waals surface area contributed by atoms with E-state index in [1.54, 1.807) is 0 Å². The molecule has 1 aromatic rings. The summed E-state index contributed by atoms with van der Waals surface area (Å²) in [6.07, 6.45) is 0. The van der Waals surface area contributed by atoms with Gasteiger partial charge in [-0.1, -0.05) is 18.2 Å². The number of para-hydroxylation sites is 1.